The van der Waals surface area contributed by atoms with Crippen molar-refractivity contribution in [3.63, 3.8) is 0 Å². The summed E-state index contributed by atoms with van der Waals surface area (Å²) in [5, 5.41) is 12.8. The van der Waals surface area contributed by atoms with E-state index < -0.39 is 4.92 Å². The number of benzene rings is 1. The molecule has 0 radical (unpaired) electrons. The second kappa shape index (κ2) is 5.29. The third-order valence-corrected chi connectivity index (χ3v) is 4.38. The number of hydrogen-bond acceptors (Lipinski definition) is 5. The number of nitrogens with zero attached hydrogens (tertiary/aromatic N) is 4. The minimum atomic E-state index is -0.407. The minimum absolute atomic E-state index is 0.0748. The number of rotatable bonds is 3. The van der Waals surface area contributed by atoms with Gasteiger partial charge in [0.1, 0.15) is 0 Å². The smallest absolute Gasteiger partial charge is 0.269 e. The number of non-ortho nitro benzene ring substituents is 1. The third-order valence-electron chi connectivity index (χ3n) is 3.54. The molecular weight excluding hydrogens is 312 g/mol. The monoisotopic (exact) mass is 322 g/mol. The van der Waals surface area contributed by atoms with E-state index in [0.717, 1.165) is 27.5 Å². The van der Waals surface area contributed by atoms with Gasteiger partial charge >= 0.3 is 0 Å². The number of aromatic nitrogens is 3. The van der Waals surface area contributed by atoms with Gasteiger partial charge in [0.05, 0.1) is 16.3 Å². The standard InChI is InChI=1S/C16H10N4O2S/c21-20(22)13-5-3-11(4-6-13)14-9-19-15(10-23-16(19)18-14)12-2-1-7-17-8-12/h1-10H. The van der Waals surface area contributed by atoms with Gasteiger partial charge in [-0.15, -0.1) is 11.3 Å². The molecule has 4 rings (SSSR count). The van der Waals surface area contributed by atoms with E-state index in [9.17, 15) is 10.1 Å². The number of thiazole rings is 1. The highest BCUT2D eigenvalue weighted by Crippen LogP contribution is 2.29. The van der Waals surface area contributed by atoms with Crippen LogP contribution in [0.15, 0.2) is 60.4 Å². The summed E-state index contributed by atoms with van der Waals surface area (Å²) < 4.78 is 2.01. The van der Waals surface area contributed by atoms with Crippen molar-refractivity contribution in [2.24, 2.45) is 0 Å². The summed E-state index contributed by atoms with van der Waals surface area (Å²) in [4.78, 5) is 19.9. The summed E-state index contributed by atoms with van der Waals surface area (Å²) in [6.45, 7) is 0. The van der Waals surface area contributed by atoms with Gasteiger partial charge in [-0.25, -0.2) is 4.98 Å². The normalized spacial score (nSPS) is 11.0. The van der Waals surface area contributed by atoms with Crippen molar-refractivity contribution in [1.29, 1.82) is 0 Å². The van der Waals surface area contributed by atoms with Crippen molar-refractivity contribution in [3.05, 3.63) is 70.5 Å². The number of pyridine rings is 1. The molecule has 6 nitrogen and oxygen atoms in total. The first-order valence-electron chi connectivity index (χ1n) is 6.84. The van der Waals surface area contributed by atoms with Crippen LogP contribution in [0.4, 0.5) is 5.69 Å². The fourth-order valence-electron chi connectivity index (χ4n) is 2.40. The largest absolute Gasteiger partial charge is 0.290 e. The zero-order valence-corrected chi connectivity index (χ0v) is 12.6. The highest BCUT2D eigenvalue weighted by molar-refractivity contribution is 7.15. The van der Waals surface area contributed by atoms with Gasteiger partial charge in [-0.1, -0.05) is 0 Å². The molecule has 3 heterocycles. The lowest BCUT2D eigenvalue weighted by molar-refractivity contribution is -0.384. The molecule has 3 aromatic heterocycles. The van der Waals surface area contributed by atoms with E-state index in [0.29, 0.717) is 0 Å². The van der Waals surface area contributed by atoms with Gasteiger partial charge in [0.25, 0.3) is 5.69 Å². The number of imidazole rings is 1. The van der Waals surface area contributed by atoms with Crippen molar-refractivity contribution in [2.45, 2.75) is 0 Å². The maximum absolute atomic E-state index is 10.7. The van der Waals surface area contributed by atoms with Crippen molar-refractivity contribution < 1.29 is 4.92 Å². The van der Waals surface area contributed by atoms with Crippen LogP contribution in [0, 0.1) is 10.1 Å². The van der Waals surface area contributed by atoms with E-state index in [2.05, 4.69) is 9.97 Å². The molecule has 4 aromatic rings. The molecule has 0 amide bonds. The first-order valence-corrected chi connectivity index (χ1v) is 7.72. The molecule has 0 aliphatic heterocycles. The van der Waals surface area contributed by atoms with Crippen LogP contribution in [0.25, 0.3) is 27.5 Å². The number of fused-ring (bicyclic) bond motifs is 1. The van der Waals surface area contributed by atoms with E-state index in [1.807, 2.05) is 34.3 Å². The van der Waals surface area contributed by atoms with Gasteiger partial charge in [-0.05, 0) is 24.3 Å². The van der Waals surface area contributed by atoms with E-state index in [1.54, 1.807) is 29.7 Å². The Bertz CT molecular complexity index is 990. The fraction of sp³-hybridized carbons (Fsp3) is 0. The molecule has 0 aliphatic rings. The summed E-state index contributed by atoms with van der Waals surface area (Å²) in [7, 11) is 0. The second-order valence-corrected chi connectivity index (χ2v) is 5.78. The zero-order chi connectivity index (χ0) is 15.8. The van der Waals surface area contributed by atoms with Crippen LogP contribution in [-0.4, -0.2) is 19.3 Å². The Morgan fingerprint density at radius 2 is 1.96 bits per heavy atom. The highest BCUT2D eigenvalue weighted by atomic mass is 32.1. The van der Waals surface area contributed by atoms with E-state index in [4.69, 9.17) is 0 Å². The van der Waals surface area contributed by atoms with Gasteiger partial charge in [0, 0.05) is 47.2 Å². The predicted molar refractivity (Wildman–Crippen MR) is 88.4 cm³/mol. The molecule has 0 saturated heterocycles. The summed E-state index contributed by atoms with van der Waals surface area (Å²) in [5.74, 6) is 0. The van der Waals surface area contributed by atoms with Crippen LogP contribution < -0.4 is 0 Å². The quantitative estimate of drug-likeness (QED) is 0.421. The van der Waals surface area contributed by atoms with E-state index in [1.165, 1.54) is 12.1 Å². The number of hydrogen-bond donors (Lipinski definition) is 0. The van der Waals surface area contributed by atoms with Crippen LogP contribution in [-0.2, 0) is 0 Å². The molecule has 7 heteroatoms. The Morgan fingerprint density at radius 3 is 2.65 bits per heavy atom. The first kappa shape index (κ1) is 13.6. The zero-order valence-electron chi connectivity index (χ0n) is 11.8. The molecule has 23 heavy (non-hydrogen) atoms. The molecule has 0 bridgehead atoms. The molecule has 0 N–H and O–H groups in total. The van der Waals surface area contributed by atoms with Crippen LogP contribution in [0.3, 0.4) is 0 Å². The Balaban J connectivity index is 1.78. The number of nitro groups is 1. The Labute approximate surface area is 134 Å². The number of nitro benzene ring substituents is 1. The summed E-state index contributed by atoms with van der Waals surface area (Å²) in [6, 6.07) is 10.3. The topological polar surface area (TPSA) is 73.3 Å². The summed E-state index contributed by atoms with van der Waals surface area (Å²) in [5.41, 5.74) is 3.76. The van der Waals surface area contributed by atoms with Crippen LogP contribution in [0.1, 0.15) is 0 Å². The lowest BCUT2D eigenvalue weighted by Crippen LogP contribution is -1.87. The van der Waals surface area contributed by atoms with Crippen molar-refractivity contribution in [3.8, 4) is 22.5 Å². The maximum Gasteiger partial charge on any atom is 0.269 e. The van der Waals surface area contributed by atoms with Crippen LogP contribution in [0.5, 0.6) is 0 Å². The summed E-state index contributed by atoms with van der Waals surface area (Å²) in [6.07, 6.45) is 5.49. The summed E-state index contributed by atoms with van der Waals surface area (Å²) >= 11 is 1.55. The maximum atomic E-state index is 10.7. The lowest BCUT2D eigenvalue weighted by atomic mass is 10.1. The van der Waals surface area contributed by atoms with Gasteiger partial charge in [0.2, 0.25) is 0 Å². The Morgan fingerprint density at radius 1 is 1.13 bits per heavy atom. The minimum Gasteiger partial charge on any atom is -0.290 e. The van der Waals surface area contributed by atoms with Gasteiger partial charge in [-0.2, -0.15) is 0 Å². The SMILES string of the molecule is O=[N+]([O-])c1ccc(-c2cn3c(-c4cccnc4)csc3n2)cc1. The average molecular weight is 322 g/mol. The van der Waals surface area contributed by atoms with Crippen molar-refractivity contribution in [2.75, 3.05) is 0 Å². The molecule has 112 valence electrons. The molecular formula is C16H10N4O2S. The van der Waals surface area contributed by atoms with E-state index in [-0.39, 0.29) is 5.69 Å². The molecule has 0 spiro atoms. The third kappa shape index (κ3) is 2.36. The predicted octanol–water partition coefficient (Wildman–Crippen LogP) is 4.03. The van der Waals surface area contributed by atoms with Gasteiger partial charge in [-0.3, -0.25) is 19.5 Å². The molecule has 0 aliphatic carbocycles. The molecule has 1 aromatic carbocycles. The van der Waals surface area contributed by atoms with Crippen LogP contribution >= 0.6 is 11.3 Å². The van der Waals surface area contributed by atoms with Crippen molar-refractivity contribution in [1.82, 2.24) is 14.4 Å². The highest BCUT2D eigenvalue weighted by Gasteiger charge is 2.12. The van der Waals surface area contributed by atoms with Gasteiger partial charge < -0.3 is 0 Å². The van der Waals surface area contributed by atoms with E-state index >= 15 is 0 Å². The fourth-order valence-corrected chi connectivity index (χ4v) is 3.28. The molecule has 0 fully saturated rings. The molecule has 0 saturated carbocycles. The molecule has 0 atom stereocenters. The van der Waals surface area contributed by atoms with Gasteiger partial charge in [0.15, 0.2) is 4.96 Å². The lowest BCUT2D eigenvalue weighted by Gasteiger charge is -1.98. The van der Waals surface area contributed by atoms with Crippen molar-refractivity contribution >= 4 is 22.0 Å². The Hall–Kier alpha value is -3.06. The first-order chi connectivity index (χ1) is 11.2. The second-order valence-electron chi connectivity index (χ2n) is 4.95. The molecule has 0 unspecified atom stereocenters. The average Bonchev–Trinajstić information content (AvgIpc) is 3.16. The Kier molecular flexibility index (Phi) is 3.13. The van der Waals surface area contributed by atoms with Crippen LogP contribution in [0.2, 0.25) is 0 Å².